The number of rotatable bonds is 4. The smallest absolute Gasteiger partial charge is 0.311 e. The van der Waals surface area contributed by atoms with Gasteiger partial charge in [0, 0.05) is 6.61 Å². The standard InChI is InChI=1S/C15H20O3/c16-14(17)15(9-4-5-11-18-12-15)10-8-13-6-2-1-3-7-13/h1-3,6-7H,4-5,8-12H2,(H,16,17). The summed E-state index contributed by atoms with van der Waals surface area (Å²) in [5.41, 5.74) is 0.508. The Labute approximate surface area is 108 Å². The Kier molecular flexibility index (Phi) is 4.37. The lowest BCUT2D eigenvalue weighted by molar-refractivity contribution is -0.153. The third kappa shape index (κ3) is 3.10. The van der Waals surface area contributed by atoms with E-state index in [1.165, 1.54) is 5.56 Å². The second-order valence-electron chi connectivity index (χ2n) is 5.08. The molecule has 3 heteroatoms. The first-order chi connectivity index (χ1) is 8.73. The molecular formula is C15H20O3. The molecule has 1 fully saturated rings. The molecule has 18 heavy (non-hydrogen) atoms. The Morgan fingerprint density at radius 1 is 1.28 bits per heavy atom. The molecule has 1 atom stereocenters. The average molecular weight is 248 g/mol. The maximum Gasteiger partial charge on any atom is 0.311 e. The lowest BCUT2D eigenvalue weighted by atomic mass is 9.79. The monoisotopic (exact) mass is 248 g/mol. The van der Waals surface area contributed by atoms with Crippen molar-refractivity contribution in [1.82, 2.24) is 0 Å². The fourth-order valence-corrected chi connectivity index (χ4v) is 2.51. The molecule has 0 amide bonds. The molecule has 1 unspecified atom stereocenters. The summed E-state index contributed by atoms with van der Waals surface area (Å²) >= 11 is 0. The van der Waals surface area contributed by atoms with E-state index in [1.54, 1.807) is 0 Å². The summed E-state index contributed by atoms with van der Waals surface area (Å²) in [5, 5.41) is 9.51. The maximum atomic E-state index is 11.6. The van der Waals surface area contributed by atoms with Gasteiger partial charge in [0.15, 0.2) is 0 Å². The van der Waals surface area contributed by atoms with Crippen LogP contribution in [0.1, 0.15) is 31.2 Å². The fourth-order valence-electron chi connectivity index (χ4n) is 2.51. The molecule has 98 valence electrons. The molecule has 0 spiro atoms. The number of hydrogen-bond acceptors (Lipinski definition) is 2. The first kappa shape index (κ1) is 13.1. The van der Waals surface area contributed by atoms with Crippen LogP contribution in [0.2, 0.25) is 0 Å². The number of carbonyl (C=O) groups is 1. The molecule has 3 nitrogen and oxygen atoms in total. The molecule has 1 aliphatic heterocycles. The number of carboxylic acid groups (broad SMARTS) is 1. The Morgan fingerprint density at radius 2 is 2.06 bits per heavy atom. The Balaban J connectivity index is 2.04. The van der Waals surface area contributed by atoms with Gasteiger partial charge in [-0.3, -0.25) is 4.79 Å². The quantitative estimate of drug-likeness (QED) is 0.891. The van der Waals surface area contributed by atoms with Crippen LogP contribution in [0.3, 0.4) is 0 Å². The van der Waals surface area contributed by atoms with E-state index in [1.807, 2.05) is 30.3 Å². The Morgan fingerprint density at radius 3 is 2.78 bits per heavy atom. The van der Waals surface area contributed by atoms with Crippen molar-refractivity contribution in [2.75, 3.05) is 13.2 Å². The number of benzene rings is 1. The highest BCUT2D eigenvalue weighted by Crippen LogP contribution is 2.33. The summed E-state index contributed by atoms with van der Waals surface area (Å²) in [6, 6.07) is 10.1. The molecule has 0 saturated carbocycles. The van der Waals surface area contributed by atoms with Gasteiger partial charge in [0.1, 0.15) is 0 Å². The first-order valence-electron chi connectivity index (χ1n) is 6.58. The van der Waals surface area contributed by atoms with E-state index in [2.05, 4.69) is 0 Å². The highest BCUT2D eigenvalue weighted by atomic mass is 16.5. The van der Waals surface area contributed by atoms with E-state index in [9.17, 15) is 9.90 Å². The minimum absolute atomic E-state index is 0.356. The van der Waals surface area contributed by atoms with Gasteiger partial charge < -0.3 is 9.84 Å². The van der Waals surface area contributed by atoms with E-state index in [0.29, 0.717) is 19.6 Å². The second kappa shape index (κ2) is 6.01. The van der Waals surface area contributed by atoms with E-state index in [-0.39, 0.29) is 0 Å². The van der Waals surface area contributed by atoms with Crippen molar-refractivity contribution >= 4 is 5.97 Å². The molecular weight excluding hydrogens is 228 g/mol. The highest BCUT2D eigenvalue weighted by molar-refractivity contribution is 5.74. The molecule has 0 radical (unpaired) electrons. The maximum absolute atomic E-state index is 11.6. The van der Waals surface area contributed by atoms with Gasteiger partial charge in [-0.25, -0.2) is 0 Å². The number of carboxylic acids is 1. The Bertz CT molecular complexity index is 378. The summed E-state index contributed by atoms with van der Waals surface area (Å²) < 4.78 is 5.48. The van der Waals surface area contributed by atoms with Gasteiger partial charge in [-0.2, -0.15) is 0 Å². The van der Waals surface area contributed by atoms with Crippen molar-refractivity contribution in [2.24, 2.45) is 5.41 Å². The van der Waals surface area contributed by atoms with E-state index in [4.69, 9.17) is 4.74 Å². The van der Waals surface area contributed by atoms with Crippen LogP contribution in [-0.4, -0.2) is 24.3 Å². The summed E-state index contributed by atoms with van der Waals surface area (Å²) in [7, 11) is 0. The molecule has 1 N–H and O–H groups in total. The summed E-state index contributed by atoms with van der Waals surface area (Å²) in [6.07, 6.45) is 4.11. The molecule has 1 saturated heterocycles. The van der Waals surface area contributed by atoms with E-state index >= 15 is 0 Å². The second-order valence-corrected chi connectivity index (χ2v) is 5.08. The minimum Gasteiger partial charge on any atom is -0.481 e. The normalized spacial score (nSPS) is 24.4. The number of hydrogen-bond donors (Lipinski definition) is 1. The molecule has 2 rings (SSSR count). The lowest BCUT2D eigenvalue weighted by Gasteiger charge is -2.27. The zero-order chi connectivity index (χ0) is 12.8. The van der Waals surface area contributed by atoms with Gasteiger partial charge in [-0.05, 0) is 37.7 Å². The van der Waals surface area contributed by atoms with Gasteiger partial charge in [-0.1, -0.05) is 30.3 Å². The fraction of sp³-hybridized carbons (Fsp3) is 0.533. The molecule has 1 aromatic carbocycles. The average Bonchev–Trinajstić information content (AvgIpc) is 2.64. The largest absolute Gasteiger partial charge is 0.481 e. The van der Waals surface area contributed by atoms with Crippen molar-refractivity contribution in [3.8, 4) is 0 Å². The van der Waals surface area contributed by atoms with Crippen molar-refractivity contribution in [2.45, 2.75) is 32.1 Å². The van der Waals surface area contributed by atoms with Crippen LogP contribution < -0.4 is 0 Å². The first-order valence-corrected chi connectivity index (χ1v) is 6.58. The topological polar surface area (TPSA) is 46.5 Å². The SMILES string of the molecule is O=C(O)C1(CCc2ccccc2)CCCCOC1. The highest BCUT2D eigenvalue weighted by Gasteiger charge is 2.39. The third-order valence-corrected chi connectivity index (χ3v) is 3.76. The van der Waals surface area contributed by atoms with Crippen LogP contribution in [-0.2, 0) is 16.0 Å². The summed E-state index contributed by atoms with van der Waals surface area (Å²) in [5.74, 6) is -0.708. The Hall–Kier alpha value is -1.35. The predicted octanol–water partition coefficient (Wildman–Crippen LogP) is 2.89. The number of aliphatic carboxylic acids is 1. The van der Waals surface area contributed by atoms with Crippen molar-refractivity contribution in [1.29, 1.82) is 0 Å². The van der Waals surface area contributed by atoms with Crippen LogP contribution in [0.5, 0.6) is 0 Å². The molecule has 1 heterocycles. The third-order valence-electron chi connectivity index (χ3n) is 3.76. The molecule has 1 aromatic rings. The van der Waals surface area contributed by atoms with Gasteiger partial charge >= 0.3 is 5.97 Å². The van der Waals surface area contributed by atoms with Gasteiger partial charge in [-0.15, -0.1) is 0 Å². The molecule has 0 aliphatic carbocycles. The van der Waals surface area contributed by atoms with E-state index in [0.717, 1.165) is 25.7 Å². The van der Waals surface area contributed by atoms with Crippen LogP contribution in [0.25, 0.3) is 0 Å². The summed E-state index contributed by atoms with van der Waals surface area (Å²) in [4.78, 5) is 11.6. The van der Waals surface area contributed by atoms with Gasteiger partial charge in [0.2, 0.25) is 0 Å². The zero-order valence-electron chi connectivity index (χ0n) is 10.6. The summed E-state index contributed by atoms with van der Waals surface area (Å²) in [6.45, 7) is 1.05. The van der Waals surface area contributed by atoms with Crippen molar-refractivity contribution in [3.05, 3.63) is 35.9 Å². The van der Waals surface area contributed by atoms with Crippen LogP contribution in [0.4, 0.5) is 0 Å². The van der Waals surface area contributed by atoms with Crippen molar-refractivity contribution in [3.63, 3.8) is 0 Å². The molecule has 1 aliphatic rings. The lowest BCUT2D eigenvalue weighted by Crippen LogP contribution is -2.35. The van der Waals surface area contributed by atoms with Gasteiger partial charge in [0.05, 0.1) is 12.0 Å². The van der Waals surface area contributed by atoms with Crippen molar-refractivity contribution < 1.29 is 14.6 Å². The number of ether oxygens (including phenoxy) is 1. The predicted molar refractivity (Wildman–Crippen MR) is 69.5 cm³/mol. The van der Waals surface area contributed by atoms with Crippen LogP contribution in [0, 0.1) is 5.41 Å². The van der Waals surface area contributed by atoms with E-state index < -0.39 is 11.4 Å². The van der Waals surface area contributed by atoms with Crippen LogP contribution >= 0.6 is 0 Å². The zero-order valence-corrected chi connectivity index (χ0v) is 10.6. The number of aryl methyl sites for hydroxylation is 1. The van der Waals surface area contributed by atoms with Crippen LogP contribution in [0.15, 0.2) is 30.3 Å². The van der Waals surface area contributed by atoms with Gasteiger partial charge in [0.25, 0.3) is 0 Å². The molecule has 0 bridgehead atoms. The minimum atomic E-state index is -0.708. The molecule has 0 aromatic heterocycles.